The number of rotatable bonds is 4. The van der Waals surface area contributed by atoms with Gasteiger partial charge in [-0.1, -0.05) is 25.7 Å². The second-order valence-corrected chi connectivity index (χ2v) is 7.42. The van der Waals surface area contributed by atoms with Gasteiger partial charge in [0.05, 0.1) is 0 Å². The molecule has 0 aromatic heterocycles. The van der Waals surface area contributed by atoms with Crippen LogP contribution in [-0.4, -0.2) is 54.1 Å². The van der Waals surface area contributed by atoms with Crippen molar-refractivity contribution in [3.63, 3.8) is 0 Å². The predicted molar refractivity (Wildman–Crippen MR) is 87.5 cm³/mol. The molecule has 0 atom stereocenters. The zero-order valence-electron chi connectivity index (χ0n) is 14.2. The Morgan fingerprint density at radius 1 is 1.10 bits per heavy atom. The van der Waals surface area contributed by atoms with E-state index in [2.05, 4.69) is 24.1 Å². The van der Waals surface area contributed by atoms with Crippen molar-refractivity contribution in [3.8, 4) is 0 Å². The number of nitrogens with one attached hydrogen (secondary N) is 1. The highest BCUT2D eigenvalue weighted by atomic mass is 16.2. The van der Waals surface area contributed by atoms with Gasteiger partial charge in [0, 0.05) is 25.2 Å². The number of hydrogen-bond donors (Lipinski definition) is 1. The number of amides is 2. The van der Waals surface area contributed by atoms with Crippen molar-refractivity contribution in [3.05, 3.63) is 0 Å². The first kappa shape index (κ1) is 16.6. The van der Waals surface area contributed by atoms with Gasteiger partial charge >= 0.3 is 6.03 Å². The maximum absolute atomic E-state index is 12.4. The summed E-state index contributed by atoms with van der Waals surface area (Å²) < 4.78 is 0. The quantitative estimate of drug-likeness (QED) is 0.864. The molecule has 1 aliphatic carbocycles. The molecule has 2 amide bonds. The van der Waals surface area contributed by atoms with E-state index in [0.29, 0.717) is 6.04 Å². The van der Waals surface area contributed by atoms with E-state index in [1.165, 1.54) is 64.5 Å². The van der Waals surface area contributed by atoms with Gasteiger partial charge in [-0.25, -0.2) is 4.79 Å². The SMILES string of the molecule is CN(C(=O)NCC(C)(C)N1CCCCC1)C1CCCCC1. The van der Waals surface area contributed by atoms with Crippen LogP contribution in [-0.2, 0) is 0 Å². The highest BCUT2D eigenvalue weighted by molar-refractivity contribution is 5.74. The molecule has 21 heavy (non-hydrogen) atoms. The molecule has 0 bridgehead atoms. The van der Waals surface area contributed by atoms with Gasteiger partial charge in [0.1, 0.15) is 0 Å². The topological polar surface area (TPSA) is 35.6 Å². The minimum atomic E-state index is 0.0590. The van der Waals surface area contributed by atoms with Crippen LogP contribution < -0.4 is 5.32 Å². The second kappa shape index (κ2) is 7.48. The predicted octanol–water partition coefficient (Wildman–Crippen LogP) is 3.23. The summed E-state index contributed by atoms with van der Waals surface area (Å²) in [5, 5.41) is 3.16. The monoisotopic (exact) mass is 295 g/mol. The third-order valence-corrected chi connectivity index (χ3v) is 5.33. The first-order valence-electron chi connectivity index (χ1n) is 8.76. The summed E-state index contributed by atoms with van der Waals surface area (Å²) in [5.41, 5.74) is 0.0590. The van der Waals surface area contributed by atoms with Crippen molar-refractivity contribution in [2.24, 2.45) is 0 Å². The van der Waals surface area contributed by atoms with Gasteiger partial charge in [0.25, 0.3) is 0 Å². The average molecular weight is 295 g/mol. The van der Waals surface area contributed by atoms with Crippen LogP contribution in [0.4, 0.5) is 4.79 Å². The lowest BCUT2D eigenvalue weighted by molar-refractivity contribution is 0.0928. The highest BCUT2D eigenvalue weighted by Gasteiger charge is 2.29. The van der Waals surface area contributed by atoms with Gasteiger partial charge in [-0.3, -0.25) is 4.90 Å². The molecule has 0 aromatic rings. The summed E-state index contributed by atoms with van der Waals surface area (Å²) in [7, 11) is 1.96. The third-order valence-electron chi connectivity index (χ3n) is 5.33. The average Bonchev–Trinajstić information content (AvgIpc) is 2.53. The molecule has 0 unspecified atom stereocenters. The van der Waals surface area contributed by atoms with Gasteiger partial charge in [0.15, 0.2) is 0 Å². The fourth-order valence-electron chi connectivity index (χ4n) is 3.66. The van der Waals surface area contributed by atoms with Crippen LogP contribution in [0.3, 0.4) is 0 Å². The van der Waals surface area contributed by atoms with E-state index in [1.807, 2.05) is 11.9 Å². The second-order valence-electron chi connectivity index (χ2n) is 7.42. The Hall–Kier alpha value is -0.770. The first-order valence-corrected chi connectivity index (χ1v) is 8.76. The highest BCUT2D eigenvalue weighted by Crippen LogP contribution is 2.22. The van der Waals surface area contributed by atoms with E-state index in [-0.39, 0.29) is 11.6 Å². The number of carbonyl (C=O) groups excluding carboxylic acids is 1. The van der Waals surface area contributed by atoms with E-state index < -0.39 is 0 Å². The standard InChI is InChI=1S/C17H33N3O/c1-17(2,20-12-8-5-9-13-20)14-18-16(21)19(3)15-10-6-4-7-11-15/h15H,4-14H2,1-3H3,(H,18,21). The molecule has 0 spiro atoms. The Morgan fingerprint density at radius 3 is 2.29 bits per heavy atom. The van der Waals surface area contributed by atoms with Crippen molar-refractivity contribution in [1.82, 2.24) is 15.1 Å². The Bertz CT molecular complexity index is 331. The van der Waals surface area contributed by atoms with Gasteiger partial charge in [0.2, 0.25) is 0 Å². The molecule has 1 aliphatic heterocycles. The lowest BCUT2D eigenvalue weighted by Crippen LogP contribution is -2.55. The van der Waals surface area contributed by atoms with Gasteiger partial charge in [-0.15, -0.1) is 0 Å². The van der Waals surface area contributed by atoms with E-state index >= 15 is 0 Å². The van der Waals surface area contributed by atoms with Crippen molar-refractivity contribution >= 4 is 6.03 Å². The molecular formula is C17H33N3O. The first-order chi connectivity index (χ1) is 10.0. The number of carbonyl (C=O) groups is 1. The summed E-state index contributed by atoms with van der Waals surface area (Å²) in [6.07, 6.45) is 10.1. The molecule has 1 saturated heterocycles. The van der Waals surface area contributed by atoms with Crippen molar-refractivity contribution in [2.45, 2.75) is 76.8 Å². The molecule has 2 rings (SSSR count). The minimum Gasteiger partial charge on any atom is -0.336 e. The molecule has 4 heteroatoms. The van der Waals surface area contributed by atoms with Gasteiger partial charge in [-0.2, -0.15) is 0 Å². The van der Waals surface area contributed by atoms with E-state index in [1.54, 1.807) is 0 Å². The van der Waals surface area contributed by atoms with Crippen LogP contribution in [0.5, 0.6) is 0 Å². The molecule has 1 saturated carbocycles. The lowest BCUT2D eigenvalue weighted by Gasteiger charge is -2.41. The van der Waals surface area contributed by atoms with Crippen LogP contribution in [0.1, 0.15) is 65.2 Å². The van der Waals surface area contributed by atoms with E-state index in [0.717, 1.165) is 6.54 Å². The van der Waals surface area contributed by atoms with Gasteiger partial charge in [-0.05, 0) is 52.6 Å². The molecule has 2 aliphatic rings. The Kier molecular flexibility index (Phi) is 5.91. The van der Waals surface area contributed by atoms with Crippen LogP contribution in [0.15, 0.2) is 0 Å². The smallest absolute Gasteiger partial charge is 0.317 e. The molecule has 4 nitrogen and oxygen atoms in total. The van der Waals surface area contributed by atoms with Crippen molar-refractivity contribution in [1.29, 1.82) is 0 Å². The number of urea groups is 1. The summed E-state index contributed by atoms with van der Waals surface area (Å²) in [6, 6.07) is 0.545. The number of piperidine rings is 1. The molecule has 1 N–H and O–H groups in total. The largest absolute Gasteiger partial charge is 0.336 e. The third kappa shape index (κ3) is 4.60. The summed E-state index contributed by atoms with van der Waals surface area (Å²) in [6.45, 7) is 7.57. The zero-order valence-corrected chi connectivity index (χ0v) is 14.2. The molecule has 0 radical (unpaired) electrons. The minimum absolute atomic E-state index is 0.0590. The summed E-state index contributed by atoms with van der Waals surface area (Å²) in [5.74, 6) is 0. The number of hydrogen-bond acceptors (Lipinski definition) is 2. The zero-order chi connectivity index (χ0) is 15.3. The van der Waals surface area contributed by atoms with E-state index in [9.17, 15) is 4.79 Å². The van der Waals surface area contributed by atoms with Gasteiger partial charge < -0.3 is 10.2 Å². The molecule has 122 valence electrons. The Balaban J connectivity index is 1.78. The normalized spacial score (nSPS) is 22.0. The van der Waals surface area contributed by atoms with Crippen LogP contribution in [0.2, 0.25) is 0 Å². The Labute approximate surface area is 130 Å². The van der Waals surface area contributed by atoms with Crippen molar-refractivity contribution < 1.29 is 4.79 Å². The summed E-state index contributed by atoms with van der Waals surface area (Å²) >= 11 is 0. The number of nitrogens with zero attached hydrogens (tertiary/aromatic N) is 2. The van der Waals surface area contributed by atoms with E-state index in [4.69, 9.17) is 0 Å². The number of likely N-dealkylation sites (tertiary alicyclic amines) is 1. The van der Waals surface area contributed by atoms with Crippen LogP contribution >= 0.6 is 0 Å². The Morgan fingerprint density at radius 2 is 1.67 bits per heavy atom. The van der Waals surface area contributed by atoms with Crippen LogP contribution in [0.25, 0.3) is 0 Å². The van der Waals surface area contributed by atoms with Crippen molar-refractivity contribution in [2.75, 3.05) is 26.7 Å². The van der Waals surface area contributed by atoms with Crippen LogP contribution in [0, 0.1) is 0 Å². The molecular weight excluding hydrogens is 262 g/mol. The fourth-order valence-corrected chi connectivity index (χ4v) is 3.66. The summed E-state index contributed by atoms with van der Waals surface area (Å²) in [4.78, 5) is 16.8. The maximum atomic E-state index is 12.4. The molecule has 0 aromatic carbocycles. The lowest BCUT2D eigenvalue weighted by atomic mass is 9.94. The fraction of sp³-hybridized carbons (Fsp3) is 0.941. The molecule has 2 fully saturated rings. The molecule has 1 heterocycles. The maximum Gasteiger partial charge on any atom is 0.317 e.